The number of hydrogen-bond donors (Lipinski definition) is 2. The first-order valence-electron chi connectivity index (χ1n) is 4.04. The van der Waals surface area contributed by atoms with Crippen LogP contribution in [0.15, 0.2) is 0 Å². The molecule has 3 nitrogen and oxygen atoms in total. The Bertz CT molecular complexity index is 28.5. The Hall–Kier alpha value is -0.120. The van der Waals surface area contributed by atoms with Gasteiger partial charge in [0.1, 0.15) is 0 Å². The molecule has 0 aliphatic carbocycles. The summed E-state index contributed by atoms with van der Waals surface area (Å²) in [4.78, 5) is 0. The highest BCUT2D eigenvalue weighted by Gasteiger charge is 1.64. The predicted octanol–water partition coefficient (Wildman–Crippen LogP) is 1.04. The van der Waals surface area contributed by atoms with Crippen molar-refractivity contribution in [2.75, 3.05) is 26.4 Å². The molecule has 0 saturated carbocycles. The van der Waals surface area contributed by atoms with E-state index in [2.05, 4.69) is 0 Å². The van der Waals surface area contributed by atoms with Crippen LogP contribution in [-0.2, 0) is 4.74 Å². The number of ether oxygens (including phenoxy) is 1. The second-order valence-corrected chi connectivity index (χ2v) is 1.41. The zero-order valence-electron chi connectivity index (χ0n) is 8.13. The van der Waals surface area contributed by atoms with Gasteiger partial charge in [-0.2, -0.15) is 0 Å². The zero-order valence-corrected chi connectivity index (χ0v) is 8.13. The molecule has 0 spiro atoms. The third-order valence-corrected chi connectivity index (χ3v) is 0.408. The number of aliphatic hydroxyl groups is 2. The summed E-state index contributed by atoms with van der Waals surface area (Å²) in [7, 11) is 0. The average molecular weight is 166 g/mol. The minimum absolute atomic E-state index is 0.250. The Morgan fingerprint density at radius 1 is 0.818 bits per heavy atom. The summed E-state index contributed by atoms with van der Waals surface area (Å²) < 4.78 is 4.83. The fourth-order valence-electron chi connectivity index (χ4n) is 0.204. The maximum absolute atomic E-state index is 7.57. The molecule has 0 fully saturated rings. The minimum Gasteiger partial charge on any atom is -0.397 e. The van der Waals surface area contributed by atoms with E-state index in [0.29, 0.717) is 0 Å². The van der Waals surface area contributed by atoms with Crippen LogP contribution in [0.4, 0.5) is 0 Å². The van der Waals surface area contributed by atoms with Crippen LogP contribution < -0.4 is 0 Å². The van der Waals surface area contributed by atoms with Crippen molar-refractivity contribution in [3.05, 3.63) is 0 Å². The smallest absolute Gasteiger partial charge is 0.0437 e. The molecule has 2 N–H and O–H groups in total. The van der Waals surface area contributed by atoms with Crippen molar-refractivity contribution in [3.8, 4) is 0 Å². The van der Waals surface area contributed by atoms with E-state index in [4.69, 9.17) is 14.9 Å². The fourth-order valence-corrected chi connectivity index (χ4v) is 0.204. The summed E-state index contributed by atoms with van der Waals surface area (Å²) in [6, 6.07) is 0. The number of hydrogen-bond acceptors (Lipinski definition) is 3. The van der Waals surface area contributed by atoms with E-state index in [0.717, 1.165) is 13.2 Å². The van der Waals surface area contributed by atoms with E-state index in [-0.39, 0.29) is 13.2 Å². The lowest BCUT2D eigenvalue weighted by molar-refractivity contribution is 0.162. The standard InChI is InChI=1S/C4H10O.2C2H6O/c1-3-5-4-2;2*1-2-3/h3-4H2,1-2H3;2*3H,2H2,1H3. The SMILES string of the molecule is CCO.CCO.CCOCC. The third-order valence-electron chi connectivity index (χ3n) is 0.408. The molecule has 0 aliphatic rings. The molecule has 0 heterocycles. The Morgan fingerprint density at radius 3 is 1.00 bits per heavy atom. The monoisotopic (exact) mass is 166 g/mol. The van der Waals surface area contributed by atoms with Crippen molar-refractivity contribution < 1.29 is 14.9 Å². The molecule has 0 atom stereocenters. The molecule has 72 valence electrons. The van der Waals surface area contributed by atoms with Gasteiger partial charge in [0, 0.05) is 26.4 Å². The fraction of sp³-hybridized carbons (Fsp3) is 1.00. The topological polar surface area (TPSA) is 49.7 Å². The first-order valence-corrected chi connectivity index (χ1v) is 4.04. The highest BCUT2D eigenvalue weighted by Crippen LogP contribution is 1.64. The molecule has 0 amide bonds. The molecule has 0 aromatic heterocycles. The van der Waals surface area contributed by atoms with Crippen molar-refractivity contribution in [3.63, 3.8) is 0 Å². The van der Waals surface area contributed by atoms with Crippen molar-refractivity contribution in [2.24, 2.45) is 0 Å². The molecule has 0 aromatic carbocycles. The highest BCUT2D eigenvalue weighted by molar-refractivity contribution is 4.07. The van der Waals surface area contributed by atoms with Gasteiger partial charge < -0.3 is 14.9 Å². The maximum Gasteiger partial charge on any atom is 0.0437 e. The Kier molecular flexibility index (Phi) is 50.9. The van der Waals surface area contributed by atoms with Gasteiger partial charge in [0.05, 0.1) is 0 Å². The Balaban J connectivity index is -0.0000000933. The summed E-state index contributed by atoms with van der Waals surface area (Å²) in [5, 5.41) is 15.1. The van der Waals surface area contributed by atoms with Gasteiger partial charge in [-0.05, 0) is 27.7 Å². The first kappa shape index (κ1) is 17.1. The largest absolute Gasteiger partial charge is 0.397 e. The number of rotatable bonds is 2. The second kappa shape index (κ2) is 32.7. The van der Waals surface area contributed by atoms with E-state index < -0.39 is 0 Å². The summed E-state index contributed by atoms with van der Waals surface area (Å²) >= 11 is 0. The summed E-state index contributed by atoms with van der Waals surface area (Å²) in [6.45, 7) is 9.53. The quantitative estimate of drug-likeness (QED) is 0.644. The van der Waals surface area contributed by atoms with Crippen LogP contribution in [0.3, 0.4) is 0 Å². The van der Waals surface area contributed by atoms with Crippen LogP contribution in [0.1, 0.15) is 27.7 Å². The number of aliphatic hydroxyl groups excluding tert-OH is 2. The van der Waals surface area contributed by atoms with Gasteiger partial charge in [0.2, 0.25) is 0 Å². The molecule has 0 unspecified atom stereocenters. The first-order chi connectivity index (χ1) is 5.24. The highest BCUT2D eigenvalue weighted by atomic mass is 16.5. The predicted molar refractivity (Wildman–Crippen MR) is 47.7 cm³/mol. The lowest BCUT2D eigenvalue weighted by Crippen LogP contribution is -1.84. The zero-order chi connectivity index (χ0) is 9.54. The maximum atomic E-state index is 7.57. The van der Waals surface area contributed by atoms with Crippen LogP contribution in [0, 0.1) is 0 Å². The van der Waals surface area contributed by atoms with Crippen molar-refractivity contribution in [1.29, 1.82) is 0 Å². The molecular weight excluding hydrogens is 144 g/mol. The van der Waals surface area contributed by atoms with Crippen LogP contribution in [0.5, 0.6) is 0 Å². The van der Waals surface area contributed by atoms with Gasteiger partial charge in [-0.1, -0.05) is 0 Å². The lowest BCUT2D eigenvalue weighted by Gasteiger charge is -1.86. The van der Waals surface area contributed by atoms with Gasteiger partial charge in [-0.15, -0.1) is 0 Å². The molecule has 0 aliphatic heterocycles. The molecule has 0 rings (SSSR count). The van der Waals surface area contributed by atoms with Crippen molar-refractivity contribution in [1.82, 2.24) is 0 Å². The van der Waals surface area contributed by atoms with E-state index in [1.54, 1.807) is 13.8 Å². The summed E-state index contributed by atoms with van der Waals surface area (Å²) in [6.07, 6.45) is 0. The van der Waals surface area contributed by atoms with Gasteiger partial charge in [-0.25, -0.2) is 0 Å². The van der Waals surface area contributed by atoms with E-state index in [9.17, 15) is 0 Å². The molecule has 0 bridgehead atoms. The molecule has 3 heteroatoms. The van der Waals surface area contributed by atoms with Crippen molar-refractivity contribution in [2.45, 2.75) is 27.7 Å². The van der Waals surface area contributed by atoms with Crippen molar-refractivity contribution >= 4 is 0 Å². The average Bonchev–Trinajstić information content (AvgIpc) is 1.92. The Labute approximate surface area is 70.0 Å². The molecule has 0 aromatic rings. The van der Waals surface area contributed by atoms with Crippen LogP contribution in [0.25, 0.3) is 0 Å². The molecule has 11 heavy (non-hydrogen) atoms. The van der Waals surface area contributed by atoms with Crippen LogP contribution >= 0.6 is 0 Å². The van der Waals surface area contributed by atoms with Gasteiger partial charge in [0.15, 0.2) is 0 Å². The second-order valence-electron chi connectivity index (χ2n) is 1.41. The minimum atomic E-state index is 0.250. The molecule has 0 radical (unpaired) electrons. The summed E-state index contributed by atoms with van der Waals surface area (Å²) in [5.74, 6) is 0. The van der Waals surface area contributed by atoms with Gasteiger partial charge >= 0.3 is 0 Å². The van der Waals surface area contributed by atoms with E-state index in [1.807, 2.05) is 13.8 Å². The van der Waals surface area contributed by atoms with E-state index >= 15 is 0 Å². The lowest BCUT2D eigenvalue weighted by atomic mass is 10.8. The summed E-state index contributed by atoms with van der Waals surface area (Å²) in [5.41, 5.74) is 0. The third kappa shape index (κ3) is 174. The Morgan fingerprint density at radius 2 is 1.00 bits per heavy atom. The molecule has 0 saturated heterocycles. The van der Waals surface area contributed by atoms with Gasteiger partial charge in [-0.3, -0.25) is 0 Å². The van der Waals surface area contributed by atoms with E-state index in [1.165, 1.54) is 0 Å². The van der Waals surface area contributed by atoms with Crippen LogP contribution in [-0.4, -0.2) is 36.6 Å². The van der Waals surface area contributed by atoms with Gasteiger partial charge in [0.25, 0.3) is 0 Å². The normalized spacial score (nSPS) is 7.09. The van der Waals surface area contributed by atoms with Crippen LogP contribution in [0.2, 0.25) is 0 Å². The molecular formula is C8H22O3.